The zero-order chi connectivity index (χ0) is 18.8. The van der Waals surface area contributed by atoms with Gasteiger partial charge in [-0.2, -0.15) is 0 Å². The Morgan fingerprint density at radius 3 is 2.36 bits per heavy atom. The fraction of sp³-hybridized carbons (Fsp3) is 0.556. The number of carbonyl (C=O) groups is 2. The first kappa shape index (κ1) is 19.3. The van der Waals surface area contributed by atoms with E-state index >= 15 is 0 Å². The van der Waals surface area contributed by atoms with Crippen LogP contribution in [0.3, 0.4) is 0 Å². The molecular formula is C18H25F2N3O2. The maximum absolute atomic E-state index is 13.7. The normalized spacial score (nSPS) is 17.3. The van der Waals surface area contributed by atoms with Gasteiger partial charge in [-0.15, -0.1) is 0 Å². The van der Waals surface area contributed by atoms with E-state index in [9.17, 15) is 18.4 Å². The van der Waals surface area contributed by atoms with Crippen LogP contribution >= 0.6 is 0 Å². The maximum Gasteiger partial charge on any atom is 0.254 e. The van der Waals surface area contributed by atoms with Crippen molar-refractivity contribution < 1.29 is 18.4 Å². The van der Waals surface area contributed by atoms with Crippen molar-refractivity contribution in [3.63, 3.8) is 0 Å². The van der Waals surface area contributed by atoms with E-state index in [0.29, 0.717) is 32.0 Å². The van der Waals surface area contributed by atoms with Crippen LogP contribution in [0, 0.1) is 17.0 Å². The van der Waals surface area contributed by atoms with Crippen LogP contribution in [-0.4, -0.2) is 41.9 Å². The van der Waals surface area contributed by atoms with E-state index in [1.54, 1.807) is 4.90 Å². The summed E-state index contributed by atoms with van der Waals surface area (Å²) in [6.45, 7) is 6.72. The molecule has 25 heavy (non-hydrogen) atoms. The van der Waals surface area contributed by atoms with Crippen molar-refractivity contribution in [3.05, 3.63) is 35.4 Å². The zero-order valence-corrected chi connectivity index (χ0v) is 14.8. The molecule has 7 heteroatoms. The quantitative estimate of drug-likeness (QED) is 0.873. The van der Waals surface area contributed by atoms with Gasteiger partial charge in [-0.1, -0.05) is 20.8 Å². The molecule has 1 saturated heterocycles. The Morgan fingerprint density at radius 2 is 1.84 bits per heavy atom. The zero-order valence-electron chi connectivity index (χ0n) is 14.8. The van der Waals surface area contributed by atoms with Crippen molar-refractivity contribution in [2.75, 3.05) is 13.1 Å². The van der Waals surface area contributed by atoms with Gasteiger partial charge in [-0.3, -0.25) is 9.59 Å². The Balaban J connectivity index is 1.90. The molecule has 0 aromatic heterocycles. The first-order valence-corrected chi connectivity index (χ1v) is 8.40. The van der Waals surface area contributed by atoms with Gasteiger partial charge in [0, 0.05) is 25.2 Å². The molecule has 5 nitrogen and oxygen atoms in total. The van der Waals surface area contributed by atoms with Crippen molar-refractivity contribution in [1.29, 1.82) is 0 Å². The summed E-state index contributed by atoms with van der Waals surface area (Å²) >= 11 is 0. The number of piperidine rings is 1. The SMILES string of the molecule is CC(C)(C)C(N)C(=O)N1CCC(NC(=O)c2ccc(F)cc2F)CC1. The average Bonchev–Trinajstić information content (AvgIpc) is 2.53. The maximum atomic E-state index is 13.7. The van der Waals surface area contributed by atoms with Crippen molar-refractivity contribution >= 4 is 11.8 Å². The van der Waals surface area contributed by atoms with Gasteiger partial charge in [-0.25, -0.2) is 8.78 Å². The van der Waals surface area contributed by atoms with E-state index in [1.165, 1.54) is 0 Å². The highest BCUT2D eigenvalue weighted by molar-refractivity contribution is 5.94. The number of nitrogens with zero attached hydrogens (tertiary/aromatic N) is 1. The average molecular weight is 353 g/mol. The van der Waals surface area contributed by atoms with Gasteiger partial charge in [0.2, 0.25) is 5.91 Å². The number of nitrogens with two attached hydrogens (primary N) is 1. The lowest BCUT2D eigenvalue weighted by atomic mass is 9.86. The van der Waals surface area contributed by atoms with Crippen molar-refractivity contribution in [2.45, 2.75) is 45.7 Å². The molecule has 1 unspecified atom stereocenters. The van der Waals surface area contributed by atoms with Crippen molar-refractivity contribution in [2.24, 2.45) is 11.1 Å². The molecule has 1 atom stereocenters. The van der Waals surface area contributed by atoms with Gasteiger partial charge in [-0.05, 0) is 30.4 Å². The van der Waals surface area contributed by atoms with Crippen LogP contribution in [0.2, 0.25) is 0 Å². The predicted molar refractivity (Wildman–Crippen MR) is 90.9 cm³/mol. The summed E-state index contributed by atoms with van der Waals surface area (Å²) in [4.78, 5) is 26.2. The molecule has 1 aromatic carbocycles. The highest BCUT2D eigenvalue weighted by atomic mass is 19.1. The van der Waals surface area contributed by atoms with E-state index in [2.05, 4.69) is 5.32 Å². The third-order valence-corrected chi connectivity index (χ3v) is 4.52. The minimum atomic E-state index is -0.888. The van der Waals surface area contributed by atoms with E-state index in [-0.39, 0.29) is 22.9 Å². The Labute approximate surface area is 146 Å². The van der Waals surface area contributed by atoms with Crippen LogP contribution in [-0.2, 0) is 4.79 Å². The molecule has 138 valence electrons. The fourth-order valence-electron chi connectivity index (χ4n) is 2.75. The van der Waals surface area contributed by atoms with Crippen molar-refractivity contribution in [1.82, 2.24) is 10.2 Å². The highest BCUT2D eigenvalue weighted by Gasteiger charge is 2.33. The Bertz CT molecular complexity index is 650. The Hall–Kier alpha value is -2.02. The molecule has 0 radical (unpaired) electrons. The molecule has 2 rings (SSSR count). The lowest BCUT2D eigenvalue weighted by molar-refractivity contribution is -0.136. The van der Waals surface area contributed by atoms with Gasteiger partial charge in [0.25, 0.3) is 5.91 Å². The van der Waals surface area contributed by atoms with Crippen LogP contribution in [0.25, 0.3) is 0 Å². The van der Waals surface area contributed by atoms with Crippen LogP contribution < -0.4 is 11.1 Å². The lowest BCUT2D eigenvalue weighted by Gasteiger charge is -2.36. The van der Waals surface area contributed by atoms with Crippen LogP contribution in [0.5, 0.6) is 0 Å². The van der Waals surface area contributed by atoms with Gasteiger partial charge in [0.1, 0.15) is 11.6 Å². The number of likely N-dealkylation sites (tertiary alicyclic amines) is 1. The van der Waals surface area contributed by atoms with E-state index in [1.807, 2.05) is 20.8 Å². The number of nitrogens with one attached hydrogen (secondary N) is 1. The third-order valence-electron chi connectivity index (χ3n) is 4.52. The second-order valence-electron chi connectivity index (χ2n) is 7.54. The number of rotatable bonds is 3. The first-order valence-electron chi connectivity index (χ1n) is 8.40. The molecule has 1 aliphatic rings. The van der Waals surface area contributed by atoms with Crippen LogP contribution in [0.15, 0.2) is 18.2 Å². The molecule has 1 fully saturated rings. The molecular weight excluding hydrogens is 328 g/mol. The molecule has 3 N–H and O–H groups in total. The van der Waals surface area contributed by atoms with E-state index < -0.39 is 23.6 Å². The summed E-state index contributed by atoms with van der Waals surface area (Å²) in [5.41, 5.74) is 5.51. The fourth-order valence-corrected chi connectivity index (χ4v) is 2.75. The molecule has 2 amide bonds. The monoisotopic (exact) mass is 353 g/mol. The van der Waals surface area contributed by atoms with E-state index in [0.717, 1.165) is 12.1 Å². The minimum absolute atomic E-state index is 0.0955. The number of hydrogen-bond acceptors (Lipinski definition) is 3. The van der Waals surface area contributed by atoms with Gasteiger partial charge in [0.05, 0.1) is 11.6 Å². The summed E-state index contributed by atoms with van der Waals surface area (Å²) in [7, 11) is 0. The molecule has 0 bridgehead atoms. The Morgan fingerprint density at radius 1 is 1.24 bits per heavy atom. The van der Waals surface area contributed by atoms with Gasteiger partial charge >= 0.3 is 0 Å². The smallest absolute Gasteiger partial charge is 0.254 e. The number of carbonyl (C=O) groups excluding carboxylic acids is 2. The second-order valence-corrected chi connectivity index (χ2v) is 7.54. The first-order chi connectivity index (χ1) is 11.6. The molecule has 0 saturated carbocycles. The summed E-state index contributed by atoms with van der Waals surface area (Å²) in [6, 6.07) is 2.12. The lowest BCUT2D eigenvalue weighted by Crippen LogP contribution is -2.54. The Kier molecular flexibility index (Phi) is 5.77. The van der Waals surface area contributed by atoms with Crippen molar-refractivity contribution in [3.8, 4) is 0 Å². The number of amides is 2. The molecule has 0 spiro atoms. The molecule has 1 aliphatic heterocycles. The van der Waals surface area contributed by atoms with Crippen LogP contribution in [0.1, 0.15) is 44.0 Å². The van der Waals surface area contributed by atoms with Gasteiger partial charge < -0.3 is 16.0 Å². The molecule has 1 aromatic rings. The standard InChI is InChI=1S/C18H25F2N3O2/c1-18(2,3)15(21)17(25)23-8-6-12(7-9-23)22-16(24)13-5-4-11(19)10-14(13)20/h4-5,10,12,15H,6-9,21H2,1-3H3,(H,22,24). The molecule has 1 heterocycles. The number of halogens is 2. The summed E-state index contributed by atoms with van der Waals surface area (Å²) in [5, 5.41) is 2.74. The summed E-state index contributed by atoms with van der Waals surface area (Å²) in [5.74, 6) is -2.28. The third kappa shape index (κ3) is 4.75. The second kappa shape index (κ2) is 7.47. The topological polar surface area (TPSA) is 75.4 Å². The minimum Gasteiger partial charge on any atom is -0.349 e. The molecule has 0 aliphatic carbocycles. The highest BCUT2D eigenvalue weighted by Crippen LogP contribution is 2.21. The van der Waals surface area contributed by atoms with Crippen LogP contribution in [0.4, 0.5) is 8.78 Å². The largest absolute Gasteiger partial charge is 0.349 e. The predicted octanol–water partition coefficient (Wildman–Crippen LogP) is 2.06. The summed E-state index contributed by atoms with van der Waals surface area (Å²) in [6.07, 6.45) is 1.13. The number of benzene rings is 1. The van der Waals surface area contributed by atoms with Gasteiger partial charge in [0.15, 0.2) is 0 Å². The van der Waals surface area contributed by atoms with E-state index in [4.69, 9.17) is 5.73 Å². The summed E-state index contributed by atoms with van der Waals surface area (Å²) < 4.78 is 26.6. The number of hydrogen-bond donors (Lipinski definition) is 2.